The molecule has 3 rings (SSSR count). The van der Waals surface area contributed by atoms with Gasteiger partial charge < -0.3 is 9.88 Å². The molecular formula is C16H19N3O. The van der Waals surface area contributed by atoms with Crippen molar-refractivity contribution in [3.05, 3.63) is 58.6 Å². The van der Waals surface area contributed by atoms with E-state index in [0.29, 0.717) is 11.7 Å². The lowest BCUT2D eigenvalue weighted by atomic mass is 9.90. The van der Waals surface area contributed by atoms with Crippen LogP contribution in [0.1, 0.15) is 18.4 Å². The van der Waals surface area contributed by atoms with E-state index in [9.17, 15) is 4.79 Å². The molecule has 1 aliphatic rings. The van der Waals surface area contributed by atoms with E-state index in [4.69, 9.17) is 0 Å². The van der Waals surface area contributed by atoms with Gasteiger partial charge in [0, 0.05) is 25.5 Å². The van der Waals surface area contributed by atoms with Gasteiger partial charge in [0.05, 0.1) is 0 Å². The first kappa shape index (κ1) is 12.9. The summed E-state index contributed by atoms with van der Waals surface area (Å²) in [4.78, 5) is 20.7. The van der Waals surface area contributed by atoms with Crippen LogP contribution >= 0.6 is 0 Å². The molecule has 4 heteroatoms. The number of hydrogen-bond donors (Lipinski definition) is 1. The largest absolute Gasteiger partial charge is 0.352 e. The number of aromatic nitrogens is 2. The molecule has 20 heavy (non-hydrogen) atoms. The molecule has 4 nitrogen and oxygen atoms in total. The smallest absolute Gasteiger partial charge is 0.290 e. The zero-order valence-corrected chi connectivity index (χ0v) is 11.5. The van der Waals surface area contributed by atoms with Crippen molar-refractivity contribution >= 4 is 5.82 Å². The van der Waals surface area contributed by atoms with Gasteiger partial charge in [0.2, 0.25) is 0 Å². The first-order chi connectivity index (χ1) is 9.83. The minimum Gasteiger partial charge on any atom is -0.352 e. The van der Waals surface area contributed by atoms with Gasteiger partial charge in [-0.2, -0.15) is 0 Å². The summed E-state index contributed by atoms with van der Waals surface area (Å²) in [5.41, 5.74) is 1.32. The standard InChI is InChI=1S/C16H19N3O/c20-16-15(17-8-9-18-16)19-10-6-14(7-11-19)12-13-4-2-1-3-5-13/h1-5,8-9,14H,6-7,10-12H2,(H,18,20). The number of nitrogens with zero attached hydrogens (tertiary/aromatic N) is 2. The van der Waals surface area contributed by atoms with E-state index in [0.717, 1.165) is 32.4 Å². The van der Waals surface area contributed by atoms with Crippen LogP contribution < -0.4 is 10.5 Å². The van der Waals surface area contributed by atoms with Crippen molar-refractivity contribution in [3.63, 3.8) is 0 Å². The summed E-state index contributed by atoms with van der Waals surface area (Å²) in [5, 5.41) is 0. The fraction of sp³-hybridized carbons (Fsp3) is 0.375. The zero-order chi connectivity index (χ0) is 13.8. The van der Waals surface area contributed by atoms with Crippen LogP contribution in [0.25, 0.3) is 0 Å². The summed E-state index contributed by atoms with van der Waals surface area (Å²) < 4.78 is 0. The minimum absolute atomic E-state index is 0.0889. The minimum atomic E-state index is -0.0889. The van der Waals surface area contributed by atoms with E-state index in [2.05, 4.69) is 45.2 Å². The summed E-state index contributed by atoms with van der Waals surface area (Å²) in [6, 6.07) is 10.6. The summed E-state index contributed by atoms with van der Waals surface area (Å²) >= 11 is 0. The molecule has 1 N–H and O–H groups in total. The average molecular weight is 269 g/mol. The molecule has 0 amide bonds. The molecule has 2 heterocycles. The fourth-order valence-electron chi connectivity index (χ4n) is 2.87. The fourth-order valence-corrected chi connectivity index (χ4v) is 2.87. The van der Waals surface area contributed by atoms with Crippen LogP contribution in [0.2, 0.25) is 0 Å². The highest BCUT2D eigenvalue weighted by Crippen LogP contribution is 2.23. The molecule has 1 aromatic heterocycles. The van der Waals surface area contributed by atoms with Crippen molar-refractivity contribution in [3.8, 4) is 0 Å². The van der Waals surface area contributed by atoms with Crippen LogP contribution in [0.15, 0.2) is 47.5 Å². The molecule has 0 spiro atoms. The number of aromatic amines is 1. The van der Waals surface area contributed by atoms with Crippen LogP contribution in [-0.4, -0.2) is 23.1 Å². The summed E-state index contributed by atoms with van der Waals surface area (Å²) in [5.74, 6) is 1.27. The Labute approximate surface area is 118 Å². The highest BCUT2D eigenvalue weighted by molar-refractivity contribution is 5.35. The second-order valence-electron chi connectivity index (χ2n) is 5.36. The number of rotatable bonds is 3. The predicted octanol–water partition coefficient (Wildman–Crippen LogP) is 2.23. The Balaban J connectivity index is 1.60. The van der Waals surface area contributed by atoms with Crippen molar-refractivity contribution in [1.82, 2.24) is 9.97 Å². The summed E-state index contributed by atoms with van der Waals surface area (Å²) in [7, 11) is 0. The quantitative estimate of drug-likeness (QED) is 0.929. The third-order valence-electron chi connectivity index (χ3n) is 3.97. The van der Waals surface area contributed by atoms with Gasteiger partial charge >= 0.3 is 0 Å². The maximum absolute atomic E-state index is 11.7. The Morgan fingerprint density at radius 3 is 2.65 bits per heavy atom. The average Bonchev–Trinajstić information content (AvgIpc) is 2.50. The molecule has 1 saturated heterocycles. The van der Waals surface area contributed by atoms with Crippen LogP contribution in [0, 0.1) is 5.92 Å². The molecule has 0 saturated carbocycles. The van der Waals surface area contributed by atoms with E-state index in [1.54, 1.807) is 12.4 Å². The SMILES string of the molecule is O=c1[nH]ccnc1N1CCC(Cc2ccccc2)CC1. The monoisotopic (exact) mass is 269 g/mol. The molecular weight excluding hydrogens is 250 g/mol. The molecule has 0 atom stereocenters. The Kier molecular flexibility index (Phi) is 3.81. The normalized spacial score (nSPS) is 16.3. The number of benzene rings is 1. The van der Waals surface area contributed by atoms with Crippen LogP contribution in [0.3, 0.4) is 0 Å². The van der Waals surface area contributed by atoms with Gasteiger partial charge in [-0.05, 0) is 30.7 Å². The van der Waals surface area contributed by atoms with E-state index in [1.165, 1.54) is 5.56 Å². The van der Waals surface area contributed by atoms with E-state index >= 15 is 0 Å². The Bertz CT molecular complexity index is 600. The lowest BCUT2D eigenvalue weighted by Crippen LogP contribution is -2.38. The molecule has 1 aromatic carbocycles. The first-order valence-electron chi connectivity index (χ1n) is 7.15. The maximum Gasteiger partial charge on any atom is 0.290 e. The molecule has 0 aliphatic carbocycles. The molecule has 0 radical (unpaired) electrons. The van der Waals surface area contributed by atoms with E-state index in [-0.39, 0.29) is 5.56 Å². The second kappa shape index (κ2) is 5.90. The molecule has 1 fully saturated rings. The molecule has 2 aromatic rings. The number of nitrogens with one attached hydrogen (secondary N) is 1. The van der Waals surface area contributed by atoms with Gasteiger partial charge in [0.1, 0.15) is 0 Å². The molecule has 0 unspecified atom stereocenters. The van der Waals surface area contributed by atoms with Crippen molar-refractivity contribution in [2.45, 2.75) is 19.3 Å². The van der Waals surface area contributed by atoms with Crippen LogP contribution in [0.5, 0.6) is 0 Å². The predicted molar refractivity (Wildman–Crippen MR) is 79.9 cm³/mol. The summed E-state index contributed by atoms with van der Waals surface area (Å²) in [6.07, 6.45) is 6.59. The number of piperidine rings is 1. The maximum atomic E-state index is 11.7. The molecule has 0 bridgehead atoms. The number of hydrogen-bond acceptors (Lipinski definition) is 3. The Hall–Kier alpha value is -2.10. The Morgan fingerprint density at radius 2 is 1.95 bits per heavy atom. The molecule has 104 valence electrons. The number of H-pyrrole nitrogens is 1. The van der Waals surface area contributed by atoms with E-state index < -0.39 is 0 Å². The van der Waals surface area contributed by atoms with Crippen molar-refractivity contribution < 1.29 is 0 Å². The summed E-state index contributed by atoms with van der Waals surface area (Å²) in [6.45, 7) is 1.83. The van der Waals surface area contributed by atoms with Crippen molar-refractivity contribution in [2.75, 3.05) is 18.0 Å². The van der Waals surface area contributed by atoms with Gasteiger partial charge in [-0.1, -0.05) is 30.3 Å². The first-order valence-corrected chi connectivity index (χ1v) is 7.15. The van der Waals surface area contributed by atoms with E-state index in [1.807, 2.05) is 0 Å². The Morgan fingerprint density at radius 1 is 1.20 bits per heavy atom. The van der Waals surface area contributed by atoms with Gasteiger partial charge in [-0.15, -0.1) is 0 Å². The van der Waals surface area contributed by atoms with Crippen molar-refractivity contribution in [2.24, 2.45) is 5.92 Å². The van der Waals surface area contributed by atoms with Gasteiger partial charge in [0.25, 0.3) is 5.56 Å². The number of anilines is 1. The van der Waals surface area contributed by atoms with Gasteiger partial charge in [-0.3, -0.25) is 4.79 Å². The van der Waals surface area contributed by atoms with Gasteiger partial charge in [0.15, 0.2) is 5.82 Å². The third kappa shape index (κ3) is 2.90. The molecule has 1 aliphatic heterocycles. The van der Waals surface area contributed by atoms with Crippen molar-refractivity contribution in [1.29, 1.82) is 0 Å². The highest BCUT2D eigenvalue weighted by atomic mass is 16.1. The van der Waals surface area contributed by atoms with Gasteiger partial charge in [-0.25, -0.2) is 4.98 Å². The highest BCUT2D eigenvalue weighted by Gasteiger charge is 2.21. The second-order valence-corrected chi connectivity index (χ2v) is 5.36. The third-order valence-corrected chi connectivity index (χ3v) is 3.97. The van der Waals surface area contributed by atoms with Crippen LogP contribution in [0.4, 0.5) is 5.82 Å². The zero-order valence-electron chi connectivity index (χ0n) is 11.5. The lowest BCUT2D eigenvalue weighted by molar-refractivity contribution is 0.401. The lowest BCUT2D eigenvalue weighted by Gasteiger charge is -2.32. The van der Waals surface area contributed by atoms with Crippen LogP contribution in [-0.2, 0) is 6.42 Å². The topological polar surface area (TPSA) is 49.0 Å².